The van der Waals surface area contributed by atoms with Crippen molar-refractivity contribution in [2.45, 2.75) is 38.6 Å². The molecule has 0 spiro atoms. The van der Waals surface area contributed by atoms with Gasteiger partial charge in [0.1, 0.15) is 0 Å². The topological polar surface area (TPSA) is 33.2 Å². The van der Waals surface area contributed by atoms with Crippen LogP contribution in [-0.4, -0.2) is 22.8 Å². The van der Waals surface area contributed by atoms with Crippen molar-refractivity contribution < 1.29 is 4.79 Å². The van der Waals surface area contributed by atoms with Crippen LogP contribution in [0.15, 0.2) is 12.1 Å². The number of thiophene rings is 1. The number of likely N-dealkylation sites (N-methyl/N-ethyl adjacent to an activating group) is 1. The lowest BCUT2D eigenvalue weighted by Crippen LogP contribution is -2.33. The van der Waals surface area contributed by atoms with Crippen LogP contribution >= 0.6 is 34.3 Å². The van der Waals surface area contributed by atoms with Gasteiger partial charge < -0.3 is 4.90 Å². The zero-order valence-electron chi connectivity index (χ0n) is 12.1. The van der Waals surface area contributed by atoms with Crippen molar-refractivity contribution >= 4 is 40.2 Å². The fourth-order valence-electron chi connectivity index (χ4n) is 2.78. The molecule has 1 atom stereocenters. The summed E-state index contributed by atoms with van der Waals surface area (Å²) in [6.07, 6.45) is 3.60. The van der Waals surface area contributed by atoms with E-state index in [1.54, 1.807) is 11.3 Å². The molecule has 0 aromatic carbocycles. The van der Waals surface area contributed by atoms with Crippen LogP contribution in [-0.2, 0) is 17.6 Å². The van der Waals surface area contributed by atoms with Crippen LogP contribution in [0.1, 0.15) is 39.3 Å². The van der Waals surface area contributed by atoms with Crippen LogP contribution in [0.2, 0.25) is 4.34 Å². The Balaban J connectivity index is 1.76. The molecule has 0 aliphatic heterocycles. The van der Waals surface area contributed by atoms with E-state index in [4.69, 9.17) is 11.6 Å². The third-order valence-electron chi connectivity index (χ3n) is 3.84. The molecular formula is C15H17ClN2OS2. The van der Waals surface area contributed by atoms with E-state index in [0.717, 1.165) is 33.5 Å². The second-order valence-corrected chi connectivity index (χ2v) is 8.37. The first-order chi connectivity index (χ1) is 10.0. The molecule has 0 saturated carbocycles. The maximum atomic E-state index is 12.5. The van der Waals surface area contributed by atoms with Crippen molar-refractivity contribution in [2.24, 2.45) is 0 Å². The Bertz CT molecular complexity index is 664. The van der Waals surface area contributed by atoms with Gasteiger partial charge in [0.15, 0.2) is 0 Å². The smallest absolute Gasteiger partial charge is 0.228 e. The first-order valence-corrected chi connectivity index (χ1v) is 9.02. The van der Waals surface area contributed by atoms with Crippen LogP contribution in [0.5, 0.6) is 0 Å². The molecule has 2 aromatic heterocycles. The summed E-state index contributed by atoms with van der Waals surface area (Å²) in [6, 6.07) is 3.96. The lowest BCUT2D eigenvalue weighted by atomic mass is 9.97. The van der Waals surface area contributed by atoms with Gasteiger partial charge in [-0.1, -0.05) is 11.6 Å². The zero-order chi connectivity index (χ0) is 15.0. The molecule has 0 N–H and O–H groups in total. The van der Waals surface area contributed by atoms with E-state index in [9.17, 15) is 4.79 Å². The summed E-state index contributed by atoms with van der Waals surface area (Å²) >= 11 is 9.14. The minimum atomic E-state index is 0.150. The summed E-state index contributed by atoms with van der Waals surface area (Å²) in [4.78, 5) is 21.3. The quantitative estimate of drug-likeness (QED) is 0.837. The number of hydrogen-bond acceptors (Lipinski definition) is 4. The molecule has 0 unspecified atom stereocenters. The molecule has 0 saturated heterocycles. The molecule has 0 fully saturated rings. The highest BCUT2D eigenvalue weighted by atomic mass is 35.5. The highest BCUT2D eigenvalue weighted by Gasteiger charge is 2.29. The first kappa shape index (κ1) is 15.0. The number of amides is 1. The second-order valence-electron chi connectivity index (χ2n) is 5.34. The maximum Gasteiger partial charge on any atom is 0.228 e. The number of fused-ring (bicyclic) bond motifs is 1. The minimum absolute atomic E-state index is 0.150. The predicted octanol–water partition coefficient (Wildman–Crippen LogP) is 4.24. The molecule has 3 rings (SSSR count). The predicted molar refractivity (Wildman–Crippen MR) is 88.3 cm³/mol. The Labute approximate surface area is 137 Å². The third kappa shape index (κ3) is 3.15. The molecule has 1 amide bonds. The van der Waals surface area contributed by atoms with Crippen molar-refractivity contribution in [1.82, 2.24) is 9.88 Å². The van der Waals surface area contributed by atoms with Gasteiger partial charge in [-0.2, -0.15) is 0 Å². The van der Waals surface area contributed by atoms with Gasteiger partial charge >= 0.3 is 0 Å². The fraction of sp³-hybridized carbons (Fsp3) is 0.467. The van der Waals surface area contributed by atoms with Crippen molar-refractivity contribution in [3.63, 3.8) is 0 Å². The SMILES string of the molecule is Cc1nc2c(s1)[C@@H](N(C)C(=O)Cc1ccc(Cl)s1)CCC2. The first-order valence-electron chi connectivity index (χ1n) is 7.00. The third-order valence-corrected chi connectivity index (χ3v) is 6.19. The Morgan fingerprint density at radius 3 is 3.00 bits per heavy atom. The molecule has 1 aliphatic rings. The number of carbonyl (C=O) groups excluding carboxylic acids is 1. The summed E-state index contributed by atoms with van der Waals surface area (Å²) in [5.41, 5.74) is 1.19. The molecule has 2 aromatic rings. The highest BCUT2D eigenvalue weighted by Crippen LogP contribution is 2.37. The number of rotatable bonds is 3. The van der Waals surface area contributed by atoms with Gasteiger partial charge in [-0.05, 0) is 38.3 Å². The van der Waals surface area contributed by atoms with Gasteiger partial charge in [-0.15, -0.1) is 22.7 Å². The summed E-state index contributed by atoms with van der Waals surface area (Å²) < 4.78 is 0.735. The lowest BCUT2D eigenvalue weighted by Gasteiger charge is -2.30. The normalized spacial score (nSPS) is 17.6. The van der Waals surface area contributed by atoms with E-state index in [0.29, 0.717) is 6.42 Å². The highest BCUT2D eigenvalue weighted by molar-refractivity contribution is 7.16. The molecular weight excluding hydrogens is 324 g/mol. The average Bonchev–Trinajstić information content (AvgIpc) is 3.02. The van der Waals surface area contributed by atoms with Crippen molar-refractivity contribution in [3.05, 3.63) is 36.9 Å². The molecule has 112 valence electrons. The number of carbonyl (C=O) groups is 1. The molecule has 1 aliphatic carbocycles. The molecule has 0 radical (unpaired) electrons. The van der Waals surface area contributed by atoms with Crippen molar-refractivity contribution in [3.8, 4) is 0 Å². The van der Waals surface area contributed by atoms with E-state index >= 15 is 0 Å². The molecule has 2 heterocycles. The van der Waals surface area contributed by atoms with Gasteiger partial charge in [-0.3, -0.25) is 4.79 Å². The molecule has 0 bridgehead atoms. The van der Waals surface area contributed by atoms with E-state index in [1.165, 1.54) is 21.9 Å². The number of aryl methyl sites for hydroxylation is 2. The lowest BCUT2D eigenvalue weighted by molar-refractivity contribution is -0.131. The second kappa shape index (κ2) is 6.07. The van der Waals surface area contributed by atoms with E-state index in [-0.39, 0.29) is 11.9 Å². The monoisotopic (exact) mass is 340 g/mol. The average molecular weight is 341 g/mol. The van der Waals surface area contributed by atoms with Crippen molar-refractivity contribution in [2.75, 3.05) is 7.05 Å². The van der Waals surface area contributed by atoms with E-state index in [2.05, 4.69) is 4.98 Å². The Morgan fingerprint density at radius 1 is 1.48 bits per heavy atom. The summed E-state index contributed by atoms with van der Waals surface area (Å²) in [5, 5.41) is 1.10. The van der Waals surface area contributed by atoms with Gasteiger partial charge in [-0.25, -0.2) is 4.98 Å². The number of nitrogens with zero attached hydrogens (tertiary/aromatic N) is 2. The van der Waals surface area contributed by atoms with Crippen LogP contribution in [0.4, 0.5) is 0 Å². The standard InChI is InChI=1S/C15H17ClN2OS2/c1-9-17-11-4-3-5-12(15(11)20-9)18(2)14(19)8-10-6-7-13(16)21-10/h6-7,12H,3-5,8H2,1-2H3/t12-/m0/s1. The Morgan fingerprint density at radius 2 is 2.29 bits per heavy atom. The van der Waals surface area contributed by atoms with Crippen LogP contribution in [0.3, 0.4) is 0 Å². The van der Waals surface area contributed by atoms with Gasteiger partial charge in [0, 0.05) is 11.9 Å². The zero-order valence-corrected chi connectivity index (χ0v) is 14.4. The maximum absolute atomic E-state index is 12.5. The van der Waals surface area contributed by atoms with Gasteiger partial charge in [0.05, 0.1) is 32.4 Å². The van der Waals surface area contributed by atoms with Crippen molar-refractivity contribution in [1.29, 1.82) is 0 Å². The van der Waals surface area contributed by atoms with Crippen LogP contribution < -0.4 is 0 Å². The molecule has 6 heteroatoms. The van der Waals surface area contributed by atoms with Crippen LogP contribution in [0.25, 0.3) is 0 Å². The largest absolute Gasteiger partial charge is 0.338 e. The number of hydrogen-bond donors (Lipinski definition) is 0. The van der Waals surface area contributed by atoms with E-state index in [1.807, 2.05) is 31.0 Å². The Hall–Kier alpha value is -0.910. The molecule has 21 heavy (non-hydrogen) atoms. The minimum Gasteiger partial charge on any atom is -0.338 e. The Kier molecular flexibility index (Phi) is 4.33. The summed E-state index contributed by atoms with van der Waals surface area (Å²) in [5.74, 6) is 0.150. The number of aromatic nitrogens is 1. The summed E-state index contributed by atoms with van der Waals surface area (Å²) in [7, 11) is 1.91. The van der Waals surface area contributed by atoms with E-state index < -0.39 is 0 Å². The number of thiazole rings is 1. The fourth-order valence-corrected chi connectivity index (χ4v) is 5.01. The van der Waals surface area contributed by atoms with Crippen LogP contribution in [0, 0.1) is 6.92 Å². The van der Waals surface area contributed by atoms with Gasteiger partial charge in [0.2, 0.25) is 5.91 Å². The van der Waals surface area contributed by atoms with Gasteiger partial charge in [0.25, 0.3) is 0 Å². The number of halogens is 1. The summed E-state index contributed by atoms with van der Waals surface area (Å²) in [6.45, 7) is 2.04. The molecule has 3 nitrogen and oxygen atoms in total.